The van der Waals surface area contributed by atoms with Crippen molar-refractivity contribution in [3.05, 3.63) is 65.4 Å². The number of pyridine rings is 1. The Morgan fingerprint density at radius 1 is 1.23 bits per heavy atom. The standard InChI is InChI=1S/C21H21ClN6O3/c1-30-15-6-4-14(5-7-15)12-28-13-16(31-17-3-2-10-23-21(17)28)11-20(29)27-26-19-9-8-18(22)24-25-19/h2-10,16H,11-13H2,1H3,(H,25,26)(H,27,29). The smallest absolute Gasteiger partial charge is 0.242 e. The molecular weight excluding hydrogens is 420 g/mol. The van der Waals surface area contributed by atoms with E-state index in [9.17, 15) is 4.79 Å². The highest BCUT2D eigenvalue weighted by molar-refractivity contribution is 6.29. The normalized spacial score (nSPS) is 14.9. The summed E-state index contributed by atoms with van der Waals surface area (Å²) in [6.45, 7) is 1.15. The van der Waals surface area contributed by atoms with Crippen molar-refractivity contribution >= 4 is 29.1 Å². The first kappa shape index (κ1) is 20.7. The number of hydrogen-bond acceptors (Lipinski definition) is 8. The van der Waals surface area contributed by atoms with Crippen LogP contribution < -0.4 is 25.2 Å². The summed E-state index contributed by atoms with van der Waals surface area (Å²) in [5, 5.41) is 7.82. The number of nitrogens with zero attached hydrogens (tertiary/aromatic N) is 4. The molecule has 1 unspecified atom stereocenters. The summed E-state index contributed by atoms with van der Waals surface area (Å²) >= 11 is 5.71. The van der Waals surface area contributed by atoms with Gasteiger partial charge in [0.25, 0.3) is 0 Å². The molecule has 2 N–H and O–H groups in total. The third-order valence-corrected chi connectivity index (χ3v) is 4.88. The first-order valence-corrected chi connectivity index (χ1v) is 10.0. The maximum atomic E-state index is 12.4. The second kappa shape index (κ2) is 9.48. The average Bonchev–Trinajstić information content (AvgIpc) is 2.79. The van der Waals surface area contributed by atoms with Crippen LogP contribution in [0, 0.1) is 0 Å². The van der Waals surface area contributed by atoms with Crippen LogP contribution in [0.2, 0.25) is 5.15 Å². The summed E-state index contributed by atoms with van der Waals surface area (Å²) in [4.78, 5) is 19.0. The van der Waals surface area contributed by atoms with E-state index < -0.39 is 0 Å². The Morgan fingerprint density at radius 2 is 2.06 bits per heavy atom. The molecular formula is C21H21ClN6O3. The van der Waals surface area contributed by atoms with Gasteiger partial charge in [0.05, 0.1) is 20.1 Å². The molecule has 0 aliphatic carbocycles. The molecule has 31 heavy (non-hydrogen) atoms. The molecule has 2 aromatic heterocycles. The van der Waals surface area contributed by atoms with Gasteiger partial charge in [0.2, 0.25) is 5.91 Å². The number of halogens is 1. The number of ether oxygens (including phenoxy) is 2. The highest BCUT2D eigenvalue weighted by Crippen LogP contribution is 2.32. The molecule has 0 saturated carbocycles. The molecule has 1 amide bonds. The number of methoxy groups -OCH3 is 1. The van der Waals surface area contributed by atoms with E-state index in [-0.39, 0.29) is 23.6 Å². The molecule has 0 saturated heterocycles. The van der Waals surface area contributed by atoms with Crippen molar-refractivity contribution in [1.29, 1.82) is 0 Å². The van der Waals surface area contributed by atoms with Gasteiger partial charge in [0.1, 0.15) is 11.9 Å². The fraction of sp³-hybridized carbons (Fsp3) is 0.238. The van der Waals surface area contributed by atoms with E-state index in [1.165, 1.54) is 0 Å². The van der Waals surface area contributed by atoms with Crippen LogP contribution in [0.5, 0.6) is 11.5 Å². The number of hydrogen-bond donors (Lipinski definition) is 2. The number of aromatic nitrogens is 3. The molecule has 4 rings (SSSR count). The Balaban J connectivity index is 1.40. The monoisotopic (exact) mass is 440 g/mol. The van der Waals surface area contributed by atoms with Crippen LogP contribution in [0.3, 0.4) is 0 Å². The van der Waals surface area contributed by atoms with Crippen LogP contribution in [0.1, 0.15) is 12.0 Å². The third kappa shape index (κ3) is 5.32. The predicted octanol–water partition coefficient (Wildman–Crippen LogP) is 2.83. The number of nitrogens with one attached hydrogen (secondary N) is 2. The summed E-state index contributed by atoms with van der Waals surface area (Å²) in [5.41, 5.74) is 6.42. The fourth-order valence-electron chi connectivity index (χ4n) is 3.23. The molecule has 3 aromatic rings. The number of carbonyl (C=O) groups is 1. The molecule has 1 atom stereocenters. The van der Waals surface area contributed by atoms with Crippen molar-refractivity contribution in [2.75, 3.05) is 24.0 Å². The number of anilines is 2. The van der Waals surface area contributed by atoms with Crippen LogP contribution in [0.25, 0.3) is 0 Å². The minimum Gasteiger partial charge on any atom is -0.497 e. The first-order chi connectivity index (χ1) is 15.1. The molecule has 1 aromatic carbocycles. The van der Waals surface area contributed by atoms with Crippen molar-refractivity contribution < 1.29 is 14.3 Å². The van der Waals surface area contributed by atoms with Crippen molar-refractivity contribution in [3.8, 4) is 11.5 Å². The van der Waals surface area contributed by atoms with Gasteiger partial charge in [-0.1, -0.05) is 23.7 Å². The summed E-state index contributed by atoms with van der Waals surface area (Å²) in [6.07, 6.45) is 1.54. The van der Waals surface area contributed by atoms with E-state index in [4.69, 9.17) is 21.1 Å². The van der Waals surface area contributed by atoms with Crippen LogP contribution in [0.4, 0.5) is 11.6 Å². The van der Waals surface area contributed by atoms with E-state index in [2.05, 4.69) is 30.9 Å². The number of carbonyl (C=O) groups excluding carboxylic acids is 1. The molecule has 9 nitrogen and oxygen atoms in total. The number of amides is 1. The fourth-order valence-corrected chi connectivity index (χ4v) is 3.33. The van der Waals surface area contributed by atoms with Crippen LogP contribution in [0.15, 0.2) is 54.7 Å². The van der Waals surface area contributed by atoms with Gasteiger partial charge in [0.15, 0.2) is 22.5 Å². The van der Waals surface area contributed by atoms with E-state index >= 15 is 0 Å². The predicted molar refractivity (Wildman–Crippen MR) is 116 cm³/mol. The summed E-state index contributed by atoms with van der Waals surface area (Å²) in [5.74, 6) is 2.36. The molecule has 0 bridgehead atoms. The first-order valence-electron chi connectivity index (χ1n) is 9.64. The largest absolute Gasteiger partial charge is 0.497 e. The second-order valence-electron chi connectivity index (χ2n) is 6.91. The molecule has 160 valence electrons. The molecule has 10 heteroatoms. The highest BCUT2D eigenvalue weighted by atomic mass is 35.5. The number of rotatable bonds is 7. The van der Waals surface area contributed by atoms with Gasteiger partial charge >= 0.3 is 0 Å². The molecule has 0 fully saturated rings. The van der Waals surface area contributed by atoms with E-state index in [0.29, 0.717) is 24.7 Å². The van der Waals surface area contributed by atoms with Crippen molar-refractivity contribution in [2.24, 2.45) is 0 Å². The topological polar surface area (TPSA) is 102 Å². The number of benzene rings is 1. The maximum absolute atomic E-state index is 12.4. The highest BCUT2D eigenvalue weighted by Gasteiger charge is 2.28. The van der Waals surface area contributed by atoms with Crippen molar-refractivity contribution in [2.45, 2.75) is 19.1 Å². The zero-order valence-electron chi connectivity index (χ0n) is 16.8. The Morgan fingerprint density at radius 3 is 2.81 bits per heavy atom. The summed E-state index contributed by atoms with van der Waals surface area (Å²) in [7, 11) is 1.64. The Bertz CT molecular complexity index is 1030. The van der Waals surface area contributed by atoms with E-state index in [1.807, 2.05) is 36.4 Å². The Labute approximate surface area is 184 Å². The second-order valence-corrected chi connectivity index (χ2v) is 7.30. The van der Waals surface area contributed by atoms with E-state index in [1.54, 1.807) is 25.4 Å². The molecule has 1 aliphatic heterocycles. The van der Waals surface area contributed by atoms with Gasteiger partial charge in [-0.3, -0.25) is 15.6 Å². The summed E-state index contributed by atoms with van der Waals surface area (Å²) < 4.78 is 11.2. The lowest BCUT2D eigenvalue weighted by Crippen LogP contribution is -2.43. The third-order valence-electron chi connectivity index (χ3n) is 4.68. The minimum absolute atomic E-state index is 0.154. The summed E-state index contributed by atoms with van der Waals surface area (Å²) in [6, 6.07) is 14.7. The lowest BCUT2D eigenvalue weighted by atomic mass is 10.1. The maximum Gasteiger partial charge on any atom is 0.242 e. The van der Waals surface area contributed by atoms with Gasteiger partial charge in [-0.2, -0.15) is 0 Å². The van der Waals surface area contributed by atoms with Crippen molar-refractivity contribution in [3.63, 3.8) is 0 Å². The molecule has 1 aliphatic rings. The number of hydrazine groups is 1. The Kier molecular flexibility index (Phi) is 6.32. The van der Waals surface area contributed by atoms with Crippen LogP contribution in [-0.4, -0.2) is 40.8 Å². The SMILES string of the molecule is COc1ccc(CN2CC(CC(=O)NNc3ccc(Cl)nn3)Oc3cccnc32)cc1. The lowest BCUT2D eigenvalue weighted by molar-refractivity contribution is -0.122. The Hall–Kier alpha value is -3.59. The minimum atomic E-state index is -0.340. The van der Waals surface area contributed by atoms with Gasteiger partial charge in [-0.25, -0.2) is 4.98 Å². The van der Waals surface area contributed by atoms with Crippen LogP contribution >= 0.6 is 11.6 Å². The van der Waals surface area contributed by atoms with E-state index in [0.717, 1.165) is 17.1 Å². The zero-order valence-corrected chi connectivity index (χ0v) is 17.5. The molecule has 0 spiro atoms. The average molecular weight is 441 g/mol. The van der Waals surface area contributed by atoms with Gasteiger partial charge < -0.3 is 14.4 Å². The van der Waals surface area contributed by atoms with Crippen molar-refractivity contribution in [1.82, 2.24) is 20.6 Å². The van der Waals surface area contributed by atoms with Gasteiger partial charge in [0, 0.05) is 12.7 Å². The number of fused-ring (bicyclic) bond motifs is 1. The van der Waals surface area contributed by atoms with Crippen LogP contribution in [-0.2, 0) is 11.3 Å². The van der Waals surface area contributed by atoms with Gasteiger partial charge in [-0.15, -0.1) is 10.2 Å². The zero-order chi connectivity index (χ0) is 21.6. The quantitative estimate of drug-likeness (QED) is 0.541. The molecule has 0 radical (unpaired) electrons. The van der Waals surface area contributed by atoms with Gasteiger partial charge in [-0.05, 0) is 42.0 Å². The lowest BCUT2D eigenvalue weighted by Gasteiger charge is -2.35. The molecule has 3 heterocycles.